The fourth-order valence-electron chi connectivity index (χ4n) is 3.09. The van der Waals surface area contributed by atoms with Crippen molar-refractivity contribution < 1.29 is 9.90 Å². The summed E-state index contributed by atoms with van der Waals surface area (Å²) in [6, 6.07) is 18.5. The number of carbonyl (C=O) groups is 1. The molecule has 0 aliphatic carbocycles. The molecule has 0 fully saturated rings. The molecule has 0 saturated heterocycles. The van der Waals surface area contributed by atoms with Crippen LogP contribution in [-0.2, 0) is 19.5 Å². The molecule has 0 radical (unpaired) electrons. The van der Waals surface area contributed by atoms with Crippen LogP contribution < -0.4 is 5.32 Å². The Balaban J connectivity index is 1.82. The highest BCUT2D eigenvalue weighted by atomic mass is 16.4. The quantitative estimate of drug-likeness (QED) is 0.915. The molecule has 4 nitrogen and oxygen atoms in total. The van der Waals surface area contributed by atoms with E-state index >= 15 is 0 Å². The second-order valence-electron chi connectivity index (χ2n) is 5.77. The van der Waals surface area contributed by atoms with Gasteiger partial charge in [-0.3, -0.25) is 4.90 Å². The number of rotatable bonds is 3. The van der Waals surface area contributed by atoms with Crippen LogP contribution >= 0.6 is 0 Å². The highest BCUT2D eigenvalue weighted by Crippen LogP contribution is 2.20. The molecule has 1 heterocycles. The fraction of sp³-hybridized carbons (Fsp3) is 0.278. The summed E-state index contributed by atoms with van der Waals surface area (Å²) in [5.74, 6) is 0. The van der Waals surface area contributed by atoms with E-state index in [0.29, 0.717) is 0 Å². The zero-order valence-corrected chi connectivity index (χ0v) is 12.4. The van der Waals surface area contributed by atoms with E-state index in [1.807, 2.05) is 30.3 Å². The third-order valence-electron chi connectivity index (χ3n) is 4.03. The Kier molecular flexibility index (Phi) is 4.39. The Morgan fingerprint density at radius 3 is 2.50 bits per heavy atom. The number of hydrogen-bond acceptors (Lipinski definition) is 2. The fourth-order valence-corrected chi connectivity index (χ4v) is 3.09. The highest BCUT2D eigenvalue weighted by molar-refractivity contribution is 5.65. The van der Waals surface area contributed by atoms with Gasteiger partial charge in [0.15, 0.2) is 0 Å². The van der Waals surface area contributed by atoms with Gasteiger partial charge in [-0.1, -0.05) is 54.6 Å². The van der Waals surface area contributed by atoms with Gasteiger partial charge in [0.1, 0.15) is 0 Å². The molecule has 1 amide bonds. The number of hydrogen-bond donors (Lipinski definition) is 2. The largest absolute Gasteiger partial charge is 0.465 e. The van der Waals surface area contributed by atoms with Crippen LogP contribution in [0.1, 0.15) is 16.7 Å². The van der Waals surface area contributed by atoms with Crippen LogP contribution in [-0.4, -0.2) is 28.7 Å². The molecule has 1 atom stereocenters. The summed E-state index contributed by atoms with van der Waals surface area (Å²) >= 11 is 0. The van der Waals surface area contributed by atoms with Crippen LogP contribution in [0.15, 0.2) is 54.6 Å². The van der Waals surface area contributed by atoms with Crippen molar-refractivity contribution in [3.8, 4) is 0 Å². The minimum absolute atomic E-state index is 0.0788. The van der Waals surface area contributed by atoms with Crippen molar-refractivity contribution >= 4 is 6.09 Å². The topological polar surface area (TPSA) is 52.6 Å². The maximum absolute atomic E-state index is 11.0. The first-order valence-corrected chi connectivity index (χ1v) is 7.53. The molecule has 2 aromatic rings. The van der Waals surface area contributed by atoms with E-state index < -0.39 is 6.09 Å². The Morgan fingerprint density at radius 1 is 1.09 bits per heavy atom. The number of fused-ring (bicyclic) bond motifs is 1. The van der Waals surface area contributed by atoms with Gasteiger partial charge in [-0.15, -0.1) is 0 Å². The normalized spacial score (nSPS) is 18.3. The van der Waals surface area contributed by atoms with E-state index in [0.717, 1.165) is 26.1 Å². The van der Waals surface area contributed by atoms with Gasteiger partial charge in [-0.25, -0.2) is 4.79 Å². The average Bonchev–Trinajstić information content (AvgIpc) is 2.65. The Hall–Kier alpha value is -2.33. The molecule has 22 heavy (non-hydrogen) atoms. The molecular weight excluding hydrogens is 276 g/mol. The maximum atomic E-state index is 11.0. The minimum Gasteiger partial charge on any atom is -0.465 e. The molecule has 0 bridgehead atoms. The SMILES string of the molecule is O=C(O)N[C@H]1Cc2ccccc2CN(Cc2ccccc2)C1. The molecule has 1 aliphatic rings. The first-order valence-electron chi connectivity index (χ1n) is 7.53. The van der Waals surface area contributed by atoms with Crippen LogP contribution in [0, 0.1) is 0 Å². The lowest BCUT2D eigenvalue weighted by Gasteiger charge is -2.24. The first kappa shape index (κ1) is 14.6. The number of amides is 1. The Morgan fingerprint density at radius 2 is 1.77 bits per heavy atom. The van der Waals surface area contributed by atoms with Gasteiger partial charge >= 0.3 is 6.09 Å². The van der Waals surface area contributed by atoms with Gasteiger partial charge in [-0.2, -0.15) is 0 Å². The van der Waals surface area contributed by atoms with Crippen molar-refractivity contribution in [2.24, 2.45) is 0 Å². The van der Waals surface area contributed by atoms with Gasteiger partial charge in [0, 0.05) is 25.7 Å². The molecule has 1 aliphatic heterocycles. The summed E-state index contributed by atoms with van der Waals surface area (Å²) in [5, 5.41) is 11.7. The maximum Gasteiger partial charge on any atom is 0.404 e. The lowest BCUT2D eigenvalue weighted by Crippen LogP contribution is -2.42. The van der Waals surface area contributed by atoms with E-state index in [9.17, 15) is 4.79 Å². The molecule has 2 N–H and O–H groups in total. The van der Waals surface area contributed by atoms with Gasteiger partial charge in [0.2, 0.25) is 0 Å². The molecule has 0 spiro atoms. The van der Waals surface area contributed by atoms with Crippen LogP contribution in [0.25, 0.3) is 0 Å². The number of benzene rings is 2. The van der Waals surface area contributed by atoms with Crippen molar-refractivity contribution in [1.29, 1.82) is 0 Å². The summed E-state index contributed by atoms with van der Waals surface area (Å²) in [4.78, 5) is 13.3. The summed E-state index contributed by atoms with van der Waals surface area (Å²) in [6.07, 6.45) is -0.211. The molecule has 3 rings (SSSR count). The summed E-state index contributed by atoms with van der Waals surface area (Å²) in [6.45, 7) is 2.39. The predicted molar refractivity (Wildman–Crippen MR) is 85.7 cm³/mol. The standard InChI is InChI=1S/C18H20N2O2/c21-18(22)19-17-10-15-8-4-5-9-16(15)12-20(13-17)11-14-6-2-1-3-7-14/h1-9,17,19H,10-13H2,(H,21,22)/t17-/m0/s1. The van der Waals surface area contributed by atoms with E-state index in [-0.39, 0.29) is 6.04 Å². The second-order valence-corrected chi connectivity index (χ2v) is 5.77. The lowest BCUT2D eigenvalue weighted by atomic mass is 10.0. The molecule has 114 valence electrons. The monoisotopic (exact) mass is 296 g/mol. The molecule has 0 aromatic heterocycles. The van der Waals surface area contributed by atoms with Crippen molar-refractivity contribution in [3.05, 3.63) is 71.3 Å². The number of nitrogens with one attached hydrogen (secondary N) is 1. The minimum atomic E-state index is -0.955. The zero-order chi connectivity index (χ0) is 15.4. The number of nitrogens with zero attached hydrogens (tertiary/aromatic N) is 1. The zero-order valence-electron chi connectivity index (χ0n) is 12.4. The van der Waals surface area contributed by atoms with Gasteiger partial charge in [-0.05, 0) is 23.1 Å². The first-order chi connectivity index (χ1) is 10.7. The third-order valence-corrected chi connectivity index (χ3v) is 4.03. The second kappa shape index (κ2) is 6.62. The van der Waals surface area contributed by atoms with Crippen LogP contribution in [0.3, 0.4) is 0 Å². The van der Waals surface area contributed by atoms with Gasteiger partial charge in [0.25, 0.3) is 0 Å². The average molecular weight is 296 g/mol. The Labute approximate surface area is 130 Å². The van der Waals surface area contributed by atoms with Crippen LogP contribution in [0.5, 0.6) is 0 Å². The van der Waals surface area contributed by atoms with E-state index in [4.69, 9.17) is 5.11 Å². The molecule has 0 saturated carbocycles. The van der Waals surface area contributed by atoms with E-state index in [1.54, 1.807) is 0 Å². The predicted octanol–water partition coefficient (Wildman–Crippen LogP) is 2.88. The lowest BCUT2D eigenvalue weighted by molar-refractivity contribution is 0.180. The molecule has 4 heteroatoms. The summed E-state index contributed by atoms with van der Waals surface area (Å²) in [5.41, 5.74) is 3.76. The van der Waals surface area contributed by atoms with Crippen LogP contribution in [0.2, 0.25) is 0 Å². The summed E-state index contributed by atoms with van der Waals surface area (Å²) in [7, 11) is 0. The van der Waals surface area contributed by atoms with Crippen molar-refractivity contribution in [3.63, 3.8) is 0 Å². The van der Waals surface area contributed by atoms with Crippen molar-refractivity contribution in [2.75, 3.05) is 6.54 Å². The van der Waals surface area contributed by atoms with E-state index in [1.165, 1.54) is 16.7 Å². The number of carboxylic acid groups (broad SMARTS) is 1. The summed E-state index contributed by atoms with van der Waals surface area (Å²) < 4.78 is 0. The van der Waals surface area contributed by atoms with E-state index in [2.05, 4.69) is 34.5 Å². The third kappa shape index (κ3) is 3.65. The van der Waals surface area contributed by atoms with Gasteiger partial charge < -0.3 is 10.4 Å². The van der Waals surface area contributed by atoms with Crippen molar-refractivity contribution in [2.45, 2.75) is 25.6 Å². The molecule has 0 unspecified atom stereocenters. The smallest absolute Gasteiger partial charge is 0.404 e. The molecular formula is C18H20N2O2. The van der Waals surface area contributed by atoms with Crippen molar-refractivity contribution in [1.82, 2.24) is 10.2 Å². The van der Waals surface area contributed by atoms with Crippen LogP contribution in [0.4, 0.5) is 4.79 Å². The highest BCUT2D eigenvalue weighted by Gasteiger charge is 2.22. The molecule has 2 aromatic carbocycles. The van der Waals surface area contributed by atoms with Gasteiger partial charge in [0.05, 0.1) is 0 Å². The Bertz CT molecular complexity index is 643.